The molecule has 9 heavy (non-hydrogen) atoms. The Bertz CT molecular complexity index is 129. The molecule has 0 saturated heterocycles. The molecular weight excluding hydrogens is 112 g/mol. The van der Waals surface area contributed by atoms with Crippen LogP contribution in [0.3, 0.4) is 0 Å². The number of rotatable bonds is 1. The first-order chi connectivity index (χ1) is 4.24. The van der Waals surface area contributed by atoms with Gasteiger partial charge in [0.15, 0.2) is 0 Å². The van der Waals surface area contributed by atoms with Crippen molar-refractivity contribution in [3.8, 4) is 0 Å². The fraction of sp³-hybridized carbons (Fsp3) is 0.714. The van der Waals surface area contributed by atoms with E-state index in [1.165, 1.54) is 5.70 Å². The Morgan fingerprint density at radius 1 is 1.67 bits per heavy atom. The predicted molar refractivity (Wildman–Crippen MR) is 38.8 cm³/mol. The summed E-state index contributed by atoms with van der Waals surface area (Å²) in [6, 6.07) is 0. The fourth-order valence-corrected chi connectivity index (χ4v) is 0.979. The van der Waals surface area contributed by atoms with Crippen LogP contribution in [0.25, 0.3) is 0 Å². The van der Waals surface area contributed by atoms with Gasteiger partial charge in [-0.25, -0.2) is 0 Å². The molecule has 0 atom stereocenters. The highest BCUT2D eigenvalue weighted by atomic mass is 15.3. The smallest absolute Gasteiger partial charge is 0.0892 e. The van der Waals surface area contributed by atoms with Crippen molar-refractivity contribution in [2.75, 3.05) is 20.3 Å². The third-order valence-corrected chi connectivity index (χ3v) is 1.77. The maximum atomic E-state index is 2.29. The summed E-state index contributed by atoms with van der Waals surface area (Å²) in [6.45, 7) is 6.47. The predicted octanol–water partition coefficient (Wildman–Crippen LogP) is 1.07. The molecule has 1 rings (SSSR count). The fourth-order valence-electron chi connectivity index (χ4n) is 0.979. The van der Waals surface area contributed by atoms with E-state index in [2.05, 4.69) is 36.9 Å². The van der Waals surface area contributed by atoms with Crippen molar-refractivity contribution in [2.24, 2.45) is 0 Å². The molecule has 0 aliphatic carbocycles. The first-order valence-corrected chi connectivity index (χ1v) is 3.37. The molecule has 2 heteroatoms. The van der Waals surface area contributed by atoms with Crippen LogP contribution in [0.1, 0.15) is 13.8 Å². The second-order valence-corrected chi connectivity index (χ2v) is 2.51. The number of hydrogen-bond acceptors (Lipinski definition) is 2. The van der Waals surface area contributed by atoms with Gasteiger partial charge in [0.1, 0.15) is 0 Å². The van der Waals surface area contributed by atoms with Crippen LogP contribution >= 0.6 is 0 Å². The normalized spacial score (nSPS) is 18.8. The highest BCUT2D eigenvalue weighted by Gasteiger charge is 2.10. The van der Waals surface area contributed by atoms with Crippen LogP contribution in [0.4, 0.5) is 0 Å². The van der Waals surface area contributed by atoms with Gasteiger partial charge in [-0.3, -0.25) is 0 Å². The van der Waals surface area contributed by atoms with Crippen molar-refractivity contribution in [1.29, 1.82) is 0 Å². The van der Waals surface area contributed by atoms with Crippen LogP contribution < -0.4 is 0 Å². The molecule has 1 aliphatic rings. The van der Waals surface area contributed by atoms with E-state index in [0.717, 1.165) is 13.2 Å². The lowest BCUT2D eigenvalue weighted by molar-refractivity contribution is 0.299. The highest BCUT2D eigenvalue weighted by molar-refractivity contribution is 5.01. The summed E-state index contributed by atoms with van der Waals surface area (Å²) in [5.74, 6) is 0. The van der Waals surface area contributed by atoms with E-state index in [9.17, 15) is 0 Å². The van der Waals surface area contributed by atoms with E-state index >= 15 is 0 Å². The molecule has 0 aromatic rings. The highest BCUT2D eigenvalue weighted by Crippen LogP contribution is 2.10. The lowest BCUT2D eigenvalue weighted by Gasteiger charge is -2.16. The summed E-state index contributed by atoms with van der Waals surface area (Å²) in [7, 11) is 2.11. The van der Waals surface area contributed by atoms with Crippen LogP contribution in [0, 0.1) is 0 Å². The molecule has 0 bridgehead atoms. The van der Waals surface area contributed by atoms with Gasteiger partial charge in [-0.15, -0.1) is 0 Å². The minimum Gasteiger partial charge on any atom is -0.359 e. The van der Waals surface area contributed by atoms with Crippen LogP contribution in [-0.4, -0.2) is 30.1 Å². The maximum absolute atomic E-state index is 2.29. The van der Waals surface area contributed by atoms with Gasteiger partial charge in [-0.1, -0.05) is 0 Å². The molecule has 0 N–H and O–H groups in total. The molecule has 0 aromatic heterocycles. The van der Waals surface area contributed by atoms with Crippen molar-refractivity contribution in [2.45, 2.75) is 13.8 Å². The molecule has 0 unspecified atom stereocenters. The van der Waals surface area contributed by atoms with Crippen molar-refractivity contribution in [1.82, 2.24) is 9.80 Å². The summed E-state index contributed by atoms with van der Waals surface area (Å²) in [5, 5.41) is 0. The lowest BCUT2D eigenvalue weighted by atomic mass is 10.5. The second-order valence-electron chi connectivity index (χ2n) is 2.51. The van der Waals surface area contributed by atoms with E-state index in [-0.39, 0.29) is 0 Å². The summed E-state index contributed by atoms with van der Waals surface area (Å²) in [5.41, 5.74) is 1.36. The van der Waals surface area contributed by atoms with Crippen molar-refractivity contribution in [3.63, 3.8) is 0 Å². The van der Waals surface area contributed by atoms with Gasteiger partial charge in [0.2, 0.25) is 0 Å². The van der Waals surface area contributed by atoms with Crippen molar-refractivity contribution >= 4 is 0 Å². The molecule has 0 aromatic carbocycles. The summed E-state index contributed by atoms with van der Waals surface area (Å²) in [6.07, 6.45) is 2.19. The standard InChI is InChI=1S/C7H14N2/c1-4-9-5-7(2)8(3)6-9/h5H,4,6H2,1-3H3. The molecule has 0 fully saturated rings. The number of nitrogens with zero attached hydrogens (tertiary/aromatic N) is 2. The maximum Gasteiger partial charge on any atom is 0.0892 e. The SMILES string of the molecule is CCN1C=C(C)N(C)C1. The van der Waals surface area contributed by atoms with E-state index in [1.54, 1.807) is 0 Å². The third-order valence-electron chi connectivity index (χ3n) is 1.77. The molecule has 2 nitrogen and oxygen atoms in total. The minimum absolute atomic E-state index is 1.06. The Kier molecular flexibility index (Phi) is 1.65. The zero-order chi connectivity index (χ0) is 6.85. The molecular formula is C7H14N2. The largest absolute Gasteiger partial charge is 0.359 e. The third kappa shape index (κ3) is 1.18. The van der Waals surface area contributed by atoms with E-state index < -0.39 is 0 Å². The Labute approximate surface area is 56.8 Å². The zero-order valence-electron chi connectivity index (χ0n) is 6.39. The van der Waals surface area contributed by atoms with Gasteiger partial charge >= 0.3 is 0 Å². The molecule has 52 valence electrons. The topological polar surface area (TPSA) is 6.48 Å². The van der Waals surface area contributed by atoms with Crippen molar-refractivity contribution < 1.29 is 0 Å². The van der Waals surface area contributed by atoms with E-state index in [0.29, 0.717) is 0 Å². The van der Waals surface area contributed by atoms with Crippen LogP contribution in [-0.2, 0) is 0 Å². The van der Waals surface area contributed by atoms with Gasteiger partial charge in [0, 0.05) is 25.5 Å². The summed E-state index contributed by atoms with van der Waals surface area (Å²) < 4.78 is 0. The van der Waals surface area contributed by atoms with Crippen molar-refractivity contribution in [3.05, 3.63) is 11.9 Å². The monoisotopic (exact) mass is 126 g/mol. The van der Waals surface area contributed by atoms with Gasteiger partial charge < -0.3 is 9.80 Å². The average molecular weight is 126 g/mol. The van der Waals surface area contributed by atoms with Crippen LogP contribution in [0.15, 0.2) is 11.9 Å². The summed E-state index contributed by atoms with van der Waals surface area (Å²) in [4.78, 5) is 4.53. The molecule has 1 heterocycles. The molecule has 0 amide bonds. The quantitative estimate of drug-likeness (QED) is 0.518. The Balaban J connectivity index is 2.52. The molecule has 0 radical (unpaired) electrons. The summed E-state index contributed by atoms with van der Waals surface area (Å²) >= 11 is 0. The molecule has 1 aliphatic heterocycles. The van der Waals surface area contributed by atoms with E-state index in [4.69, 9.17) is 0 Å². The van der Waals surface area contributed by atoms with E-state index in [1.807, 2.05) is 0 Å². The van der Waals surface area contributed by atoms with Gasteiger partial charge in [0.25, 0.3) is 0 Å². The van der Waals surface area contributed by atoms with Crippen LogP contribution in [0.5, 0.6) is 0 Å². The second kappa shape index (κ2) is 2.29. The molecule has 0 spiro atoms. The average Bonchev–Trinajstić information content (AvgIpc) is 2.13. The Hall–Kier alpha value is -0.660. The Morgan fingerprint density at radius 2 is 2.33 bits per heavy atom. The van der Waals surface area contributed by atoms with Gasteiger partial charge in [-0.05, 0) is 13.8 Å². The zero-order valence-corrected chi connectivity index (χ0v) is 6.39. The first-order valence-electron chi connectivity index (χ1n) is 3.37. The first kappa shape index (κ1) is 6.46. The Morgan fingerprint density at radius 3 is 2.56 bits per heavy atom. The lowest BCUT2D eigenvalue weighted by Crippen LogP contribution is -2.22. The number of allylic oxidation sites excluding steroid dienone is 1. The minimum atomic E-state index is 1.06. The van der Waals surface area contributed by atoms with Crippen LogP contribution in [0.2, 0.25) is 0 Å². The number of hydrogen-bond donors (Lipinski definition) is 0. The van der Waals surface area contributed by atoms with Gasteiger partial charge in [0.05, 0.1) is 6.67 Å². The van der Waals surface area contributed by atoms with Gasteiger partial charge in [-0.2, -0.15) is 0 Å². The molecule has 0 saturated carbocycles.